The molecule has 3 atom stereocenters. The molecule has 1 amide bonds. The van der Waals surface area contributed by atoms with E-state index in [1.54, 1.807) is 0 Å². The molecule has 4 nitrogen and oxygen atoms in total. The smallest absolute Gasteiger partial charge is 0.224 e. The summed E-state index contributed by atoms with van der Waals surface area (Å²) in [4.78, 5) is 15.7. The third-order valence-electron chi connectivity index (χ3n) is 8.53. The number of nitrogens with zero attached hydrogens (tertiary/aromatic N) is 2. The van der Waals surface area contributed by atoms with Crippen LogP contribution in [0.4, 0.5) is 0 Å². The number of amides is 1. The van der Waals surface area contributed by atoms with Gasteiger partial charge in [0.05, 0.1) is 5.92 Å². The highest BCUT2D eigenvalue weighted by atomic mass is 16.2. The van der Waals surface area contributed by atoms with Crippen LogP contribution in [-0.2, 0) is 11.2 Å². The average Bonchev–Trinajstić information content (AvgIpc) is 3.15. The van der Waals surface area contributed by atoms with Crippen molar-refractivity contribution < 1.29 is 4.79 Å². The number of carbonyl (C=O) groups is 1. The van der Waals surface area contributed by atoms with Gasteiger partial charge < -0.3 is 14.8 Å². The van der Waals surface area contributed by atoms with Gasteiger partial charge in [-0.1, -0.05) is 45.2 Å². The number of nitrogens with one attached hydrogen (secondary N) is 1. The van der Waals surface area contributed by atoms with Crippen molar-refractivity contribution in [1.29, 1.82) is 0 Å². The molecule has 2 fully saturated rings. The number of likely N-dealkylation sites (N-methyl/N-ethyl adjacent to an activating group) is 1. The Bertz CT molecular complexity index is 937. The van der Waals surface area contributed by atoms with E-state index in [0.29, 0.717) is 30.0 Å². The molecule has 168 valence electrons. The number of likely N-dealkylation sites (tertiary alicyclic amines) is 1. The van der Waals surface area contributed by atoms with E-state index in [-0.39, 0.29) is 5.92 Å². The summed E-state index contributed by atoms with van der Waals surface area (Å²) in [5, 5.41) is 4.90. The minimum atomic E-state index is 0.103. The SMILES string of the molecule is CCC(CC)n1cc2c3c(cccc31)[C@H]1C[C@@H](C(=O)NC3CCCCC3)CN(C)[C@@H]1C2. The minimum absolute atomic E-state index is 0.103. The fourth-order valence-electron chi connectivity index (χ4n) is 6.81. The number of fused-ring (bicyclic) bond motifs is 2. The average molecular weight is 422 g/mol. The van der Waals surface area contributed by atoms with Crippen molar-refractivity contribution >= 4 is 16.8 Å². The van der Waals surface area contributed by atoms with Crippen molar-refractivity contribution in [3.05, 3.63) is 35.5 Å². The van der Waals surface area contributed by atoms with Gasteiger partial charge in [0.25, 0.3) is 0 Å². The van der Waals surface area contributed by atoms with Gasteiger partial charge in [0.2, 0.25) is 5.91 Å². The number of hydrogen-bond donors (Lipinski definition) is 1. The predicted molar refractivity (Wildman–Crippen MR) is 128 cm³/mol. The molecule has 2 aliphatic carbocycles. The molecular weight excluding hydrogens is 382 g/mol. The molecule has 0 bridgehead atoms. The van der Waals surface area contributed by atoms with E-state index >= 15 is 0 Å². The lowest BCUT2D eigenvalue weighted by atomic mass is 9.72. The fraction of sp³-hybridized carbons (Fsp3) is 0.667. The van der Waals surface area contributed by atoms with Crippen LogP contribution in [0.5, 0.6) is 0 Å². The van der Waals surface area contributed by atoms with Crippen molar-refractivity contribution in [3.63, 3.8) is 0 Å². The van der Waals surface area contributed by atoms with E-state index in [1.807, 2.05) is 0 Å². The molecular formula is C27H39N3O. The summed E-state index contributed by atoms with van der Waals surface area (Å²) in [7, 11) is 2.24. The molecule has 1 saturated carbocycles. The summed E-state index contributed by atoms with van der Waals surface area (Å²) in [5.74, 6) is 0.852. The van der Waals surface area contributed by atoms with Crippen molar-refractivity contribution in [2.24, 2.45) is 5.92 Å². The second kappa shape index (κ2) is 8.61. The maximum absolute atomic E-state index is 13.2. The van der Waals surface area contributed by atoms with Crippen LogP contribution < -0.4 is 5.32 Å². The lowest BCUT2D eigenvalue weighted by Crippen LogP contribution is -2.52. The largest absolute Gasteiger partial charge is 0.353 e. The van der Waals surface area contributed by atoms with Gasteiger partial charge in [-0.3, -0.25) is 4.79 Å². The Morgan fingerprint density at radius 1 is 1.16 bits per heavy atom. The molecule has 1 saturated heterocycles. The fourth-order valence-corrected chi connectivity index (χ4v) is 6.81. The van der Waals surface area contributed by atoms with E-state index in [4.69, 9.17) is 0 Å². The summed E-state index contributed by atoms with van der Waals surface area (Å²) in [6.45, 7) is 5.48. The van der Waals surface area contributed by atoms with E-state index in [1.165, 1.54) is 54.1 Å². The lowest BCUT2D eigenvalue weighted by molar-refractivity contribution is -0.128. The van der Waals surface area contributed by atoms with Crippen LogP contribution in [0.15, 0.2) is 24.4 Å². The standard InChI is InChI=1S/C27H39N3O/c1-4-21(5-2)30-17-18-15-25-23(22-12-9-13-24(30)26(18)22)14-19(16-29(25)3)27(31)28-20-10-7-6-8-11-20/h9,12-13,17,19-21,23,25H,4-8,10-11,14-16H2,1-3H3,(H,28,31)/t19-,23-,25-/m1/s1. The van der Waals surface area contributed by atoms with Crippen LogP contribution in [0.25, 0.3) is 10.9 Å². The second-order valence-electron chi connectivity index (χ2n) is 10.4. The Morgan fingerprint density at radius 3 is 2.68 bits per heavy atom. The Morgan fingerprint density at radius 2 is 1.94 bits per heavy atom. The highest BCUT2D eigenvalue weighted by Gasteiger charge is 2.42. The molecule has 1 aromatic carbocycles. The highest BCUT2D eigenvalue weighted by Crippen LogP contribution is 2.45. The quantitative estimate of drug-likeness (QED) is 0.701. The number of hydrogen-bond acceptors (Lipinski definition) is 2. The first-order valence-electron chi connectivity index (χ1n) is 12.7. The van der Waals surface area contributed by atoms with Gasteiger partial charge in [-0.15, -0.1) is 0 Å². The van der Waals surface area contributed by atoms with Crippen LogP contribution in [0.2, 0.25) is 0 Å². The van der Waals surface area contributed by atoms with Gasteiger partial charge in [-0.2, -0.15) is 0 Å². The summed E-state index contributed by atoms with van der Waals surface area (Å²) >= 11 is 0. The number of aromatic nitrogens is 1. The monoisotopic (exact) mass is 421 g/mol. The van der Waals surface area contributed by atoms with Crippen molar-refractivity contribution in [1.82, 2.24) is 14.8 Å². The van der Waals surface area contributed by atoms with Crippen molar-refractivity contribution in [3.8, 4) is 0 Å². The Kier molecular flexibility index (Phi) is 5.85. The number of rotatable bonds is 5. The first-order chi connectivity index (χ1) is 15.1. The van der Waals surface area contributed by atoms with Gasteiger partial charge in [0.1, 0.15) is 0 Å². The molecule has 0 radical (unpaired) electrons. The Labute approximate surface area is 187 Å². The number of benzene rings is 1. The summed E-state index contributed by atoms with van der Waals surface area (Å²) in [6, 6.07) is 8.37. The first-order valence-corrected chi connectivity index (χ1v) is 12.7. The second-order valence-corrected chi connectivity index (χ2v) is 10.4. The van der Waals surface area contributed by atoms with Crippen molar-refractivity contribution in [2.45, 2.75) is 95.7 Å². The molecule has 1 N–H and O–H groups in total. The van der Waals surface area contributed by atoms with Gasteiger partial charge in [-0.05, 0) is 62.8 Å². The minimum Gasteiger partial charge on any atom is -0.353 e. The molecule has 1 aromatic heterocycles. The molecule has 0 spiro atoms. The zero-order valence-corrected chi connectivity index (χ0v) is 19.6. The van der Waals surface area contributed by atoms with Crippen LogP contribution in [0, 0.1) is 5.92 Å². The molecule has 31 heavy (non-hydrogen) atoms. The predicted octanol–water partition coefficient (Wildman–Crippen LogP) is 5.41. The van der Waals surface area contributed by atoms with Crippen LogP contribution >= 0.6 is 0 Å². The highest BCUT2D eigenvalue weighted by molar-refractivity contribution is 5.89. The van der Waals surface area contributed by atoms with E-state index in [2.05, 4.69) is 60.1 Å². The third-order valence-corrected chi connectivity index (χ3v) is 8.53. The molecule has 2 heterocycles. The normalized spacial score (nSPS) is 26.9. The molecule has 1 aliphatic heterocycles. The summed E-state index contributed by atoms with van der Waals surface area (Å²) in [5.41, 5.74) is 4.39. The number of carbonyl (C=O) groups excluding carboxylic acids is 1. The molecule has 3 aliphatic rings. The zero-order valence-electron chi connectivity index (χ0n) is 19.6. The third kappa shape index (κ3) is 3.71. The van der Waals surface area contributed by atoms with Crippen LogP contribution in [-0.4, -0.2) is 41.1 Å². The Hall–Kier alpha value is -1.81. The molecule has 5 rings (SSSR count). The maximum Gasteiger partial charge on any atom is 0.224 e. The van der Waals surface area contributed by atoms with E-state index in [0.717, 1.165) is 32.2 Å². The Balaban J connectivity index is 1.44. The van der Waals surface area contributed by atoms with Gasteiger partial charge in [0, 0.05) is 47.7 Å². The van der Waals surface area contributed by atoms with E-state index in [9.17, 15) is 4.79 Å². The first kappa shape index (κ1) is 21.1. The molecule has 0 unspecified atom stereocenters. The molecule has 4 heteroatoms. The lowest BCUT2D eigenvalue weighted by Gasteiger charge is -2.45. The maximum atomic E-state index is 13.2. The van der Waals surface area contributed by atoms with Crippen LogP contribution in [0.1, 0.15) is 88.3 Å². The summed E-state index contributed by atoms with van der Waals surface area (Å²) in [6.07, 6.45) is 13.0. The van der Waals surface area contributed by atoms with Gasteiger partial charge in [-0.25, -0.2) is 0 Å². The van der Waals surface area contributed by atoms with Crippen molar-refractivity contribution in [2.75, 3.05) is 13.6 Å². The number of piperidine rings is 1. The zero-order chi connectivity index (χ0) is 21.5. The van der Waals surface area contributed by atoms with E-state index < -0.39 is 0 Å². The van der Waals surface area contributed by atoms with Gasteiger partial charge >= 0.3 is 0 Å². The topological polar surface area (TPSA) is 37.3 Å². The van der Waals surface area contributed by atoms with Gasteiger partial charge in [0.15, 0.2) is 0 Å². The summed E-state index contributed by atoms with van der Waals surface area (Å²) < 4.78 is 2.54. The molecule has 2 aromatic rings. The van der Waals surface area contributed by atoms with Crippen LogP contribution in [0.3, 0.4) is 0 Å².